The molecule has 2 aliphatic rings. The van der Waals surface area contributed by atoms with Gasteiger partial charge in [-0.1, -0.05) is 36.8 Å². The molecule has 0 bridgehead atoms. The van der Waals surface area contributed by atoms with E-state index >= 15 is 0 Å². The summed E-state index contributed by atoms with van der Waals surface area (Å²) in [4.78, 5) is 12.8. The van der Waals surface area contributed by atoms with Crippen molar-refractivity contribution in [2.24, 2.45) is 11.1 Å². The van der Waals surface area contributed by atoms with Crippen LogP contribution in [0, 0.1) is 5.41 Å². The first-order chi connectivity index (χ1) is 10.2. The average molecular weight is 323 g/mol. The molecule has 0 aliphatic heterocycles. The molecule has 0 unspecified atom stereocenters. The summed E-state index contributed by atoms with van der Waals surface area (Å²) in [5.74, 6) is 0.276. The molecule has 1 amide bonds. The van der Waals surface area contributed by atoms with Gasteiger partial charge >= 0.3 is 0 Å². The van der Waals surface area contributed by atoms with E-state index in [-0.39, 0.29) is 23.7 Å². The van der Waals surface area contributed by atoms with Crippen LogP contribution in [0.25, 0.3) is 0 Å². The van der Waals surface area contributed by atoms with Crippen LogP contribution in [0.2, 0.25) is 0 Å². The molecule has 0 aromatic heterocycles. The lowest BCUT2D eigenvalue weighted by molar-refractivity contribution is -0.137. The van der Waals surface area contributed by atoms with Gasteiger partial charge in [-0.25, -0.2) is 0 Å². The van der Waals surface area contributed by atoms with Gasteiger partial charge in [0, 0.05) is 12.1 Å². The van der Waals surface area contributed by atoms with E-state index in [0.717, 1.165) is 44.9 Å². The third kappa shape index (κ3) is 3.82. The molecule has 4 heteroatoms. The molecule has 0 heterocycles. The summed E-state index contributed by atoms with van der Waals surface area (Å²) in [5, 5.41) is 3.31. The van der Waals surface area contributed by atoms with Gasteiger partial charge in [0.05, 0.1) is 5.41 Å². The first-order valence-electron chi connectivity index (χ1n) is 8.28. The van der Waals surface area contributed by atoms with Gasteiger partial charge in [-0.05, 0) is 50.5 Å². The Labute approximate surface area is 139 Å². The molecule has 0 atom stereocenters. The maximum Gasteiger partial charge on any atom is 0.226 e. The Hall–Kier alpha value is -1.06. The normalized spacial score (nSPS) is 26.4. The number of nitrogens with two attached hydrogens (primary N) is 1. The largest absolute Gasteiger partial charge is 0.353 e. The van der Waals surface area contributed by atoms with Crippen LogP contribution in [0.1, 0.15) is 50.5 Å². The van der Waals surface area contributed by atoms with Gasteiger partial charge in [0.25, 0.3) is 0 Å². The Morgan fingerprint density at radius 3 is 2.32 bits per heavy atom. The SMILES string of the molecule is Cl.NC1CCC(NC(=O)C2(Cc3ccccc3)CCC2)CC1. The molecular formula is C18H27ClN2O. The highest BCUT2D eigenvalue weighted by Gasteiger charge is 2.44. The molecule has 1 aromatic rings. The van der Waals surface area contributed by atoms with Crippen molar-refractivity contribution < 1.29 is 4.79 Å². The summed E-state index contributed by atoms with van der Waals surface area (Å²) in [6.45, 7) is 0. The quantitative estimate of drug-likeness (QED) is 0.894. The van der Waals surface area contributed by atoms with Crippen molar-refractivity contribution in [3.05, 3.63) is 35.9 Å². The lowest BCUT2D eigenvalue weighted by atomic mass is 9.64. The first kappa shape index (κ1) is 17.3. The lowest BCUT2D eigenvalue weighted by Crippen LogP contribution is -2.51. The fourth-order valence-corrected chi connectivity index (χ4v) is 3.68. The molecule has 122 valence electrons. The zero-order chi connectivity index (χ0) is 14.7. The first-order valence-corrected chi connectivity index (χ1v) is 8.28. The number of amides is 1. The number of benzene rings is 1. The van der Waals surface area contributed by atoms with E-state index in [9.17, 15) is 4.79 Å². The summed E-state index contributed by atoms with van der Waals surface area (Å²) >= 11 is 0. The van der Waals surface area contributed by atoms with E-state index in [0.29, 0.717) is 12.1 Å². The van der Waals surface area contributed by atoms with Gasteiger partial charge in [-0.15, -0.1) is 12.4 Å². The molecule has 3 nitrogen and oxygen atoms in total. The predicted octanol–water partition coefficient (Wildman–Crippen LogP) is 3.21. The Morgan fingerprint density at radius 1 is 1.14 bits per heavy atom. The maximum atomic E-state index is 12.8. The molecule has 3 N–H and O–H groups in total. The zero-order valence-electron chi connectivity index (χ0n) is 13.1. The van der Waals surface area contributed by atoms with Crippen molar-refractivity contribution >= 4 is 18.3 Å². The second-order valence-corrected chi connectivity index (χ2v) is 6.88. The van der Waals surface area contributed by atoms with Crippen LogP contribution in [-0.2, 0) is 11.2 Å². The van der Waals surface area contributed by atoms with Crippen LogP contribution in [-0.4, -0.2) is 18.0 Å². The minimum atomic E-state index is -0.152. The number of hydrogen-bond acceptors (Lipinski definition) is 2. The summed E-state index contributed by atoms with van der Waals surface area (Å²) in [7, 11) is 0. The number of rotatable bonds is 4. The molecule has 0 saturated heterocycles. The number of carbonyl (C=O) groups is 1. The predicted molar refractivity (Wildman–Crippen MR) is 92.1 cm³/mol. The number of carbonyl (C=O) groups excluding carboxylic acids is 1. The fourth-order valence-electron chi connectivity index (χ4n) is 3.68. The van der Waals surface area contributed by atoms with E-state index in [1.807, 2.05) is 6.07 Å². The van der Waals surface area contributed by atoms with E-state index in [1.165, 1.54) is 12.0 Å². The highest BCUT2D eigenvalue weighted by molar-refractivity contribution is 5.85. The smallest absolute Gasteiger partial charge is 0.226 e. The van der Waals surface area contributed by atoms with Crippen molar-refractivity contribution in [3.63, 3.8) is 0 Å². The second-order valence-electron chi connectivity index (χ2n) is 6.88. The summed E-state index contributed by atoms with van der Waals surface area (Å²) in [6, 6.07) is 11.1. The van der Waals surface area contributed by atoms with Gasteiger partial charge in [-0.2, -0.15) is 0 Å². The summed E-state index contributed by atoms with van der Waals surface area (Å²) in [6.07, 6.45) is 8.26. The van der Waals surface area contributed by atoms with Gasteiger partial charge in [-0.3, -0.25) is 4.79 Å². The third-order valence-electron chi connectivity index (χ3n) is 5.28. The van der Waals surface area contributed by atoms with Crippen LogP contribution < -0.4 is 11.1 Å². The van der Waals surface area contributed by atoms with Crippen LogP contribution >= 0.6 is 12.4 Å². The van der Waals surface area contributed by atoms with E-state index in [2.05, 4.69) is 29.6 Å². The average Bonchev–Trinajstić information content (AvgIpc) is 2.46. The molecule has 1 aromatic carbocycles. The molecule has 2 saturated carbocycles. The molecule has 2 fully saturated rings. The highest BCUT2D eigenvalue weighted by Crippen LogP contribution is 2.44. The van der Waals surface area contributed by atoms with Crippen LogP contribution in [0.5, 0.6) is 0 Å². The number of nitrogens with one attached hydrogen (secondary N) is 1. The molecule has 3 rings (SSSR count). The van der Waals surface area contributed by atoms with Crippen LogP contribution in [0.3, 0.4) is 0 Å². The molecule has 22 heavy (non-hydrogen) atoms. The monoisotopic (exact) mass is 322 g/mol. The fraction of sp³-hybridized carbons (Fsp3) is 0.611. The van der Waals surface area contributed by atoms with Crippen LogP contribution in [0.15, 0.2) is 30.3 Å². The van der Waals surface area contributed by atoms with Crippen molar-refractivity contribution in [1.82, 2.24) is 5.32 Å². The van der Waals surface area contributed by atoms with Gasteiger partial charge in [0.1, 0.15) is 0 Å². The van der Waals surface area contributed by atoms with E-state index in [4.69, 9.17) is 5.73 Å². The van der Waals surface area contributed by atoms with Gasteiger partial charge in [0.15, 0.2) is 0 Å². The lowest BCUT2D eigenvalue weighted by Gasteiger charge is -2.42. The maximum absolute atomic E-state index is 12.8. The summed E-state index contributed by atoms with van der Waals surface area (Å²) in [5.41, 5.74) is 7.06. The van der Waals surface area contributed by atoms with Crippen molar-refractivity contribution in [3.8, 4) is 0 Å². The Balaban J connectivity index is 0.00000176. The van der Waals surface area contributed by atoms with Crippen molar-refractivity contribution in [2.45, 2.75) is 63.5 Å². The van der Waals surface area contributed by atoms with Gasteiger partial charge in [0.2, 0.25) is 5.91 Å². The Bertz CT molecular complexity index is 479. The van der Waals surface area contributed by atoms with Crippen LogP contribution in [0.4, 0.5) is 0 Å². The van der Waals surface area contributed by atoms with Crippen molar-refractivity contribution in [1.29, 1.82) is 0 Å². The number of hydrogen-bond donors (Lipinski definition) is 2. The van der Waals surface area contributed by atoms with E-state index < -0.39 is 0 Å². The topological polar surface area (TPSA) is 55.1 Å². The van der Waals surface area contributed by atoms with Gasteiger partial charge < -0.3 is 11.1 Å². The molecule has 0 spiro atoms. The number of halogens is 1. The Morgan fingerprint density at radius 2 is 1.77 bits per heavy atom. The molecular weight excluding hydrogens is 296 g/mol. The third-order valence-corrected chi connectivity index (χ3v) is 5.28. The zero-order valence-corrected chi connectivity index (χ0v) is 13.9. The molecule has 0 radical (unpaired) electrons. The Kier molecular flexibility index (Phi) is 5.87. The standard InChI is InChI=1S/C18H26N2O.ClH/c19-15-7-9-16(10-8-15)20-17(21)18(11-4-12-18)13-14-5-2-1-3-6-14;/h1-3,5-6,15-16H,4,7-13,19H2,(H,20,21);1H. The second kappa shape index (κ2) is 7.47. The summed E-state index contributed by atoms with van der Waals surface area (Å²) < 4.78 is 0. The molecule has 2 aliphatic carbocycles. The minimum Gasteiger partial charge on any atom is -0.353 e. The van der Waals surface area contributed by atoms with E-state index in [1.54, 1.807) is 0 Å². The van der Waals surface area contributed by atoms with Crippen molar-refractivity contribution in [2.75, 3.05) is 0 Å². The minimum absolute atomic E-state index is 0. The highest BCUT2D eigenvalue weighted by atomic mass is 35.5.